The number of hydrogen-bond donors (Lipinski definition) is 2. The number of nitrogens with zero attached hydrogens (tertiary/aromatic N) is 1. The lowest BCUT2D eigenvalue weighted by atomic mass is 10.2. The molecule has 1 aromatic rings. The molecule has 1 aromatic heterocycles. The van der Waals surface area contributed by atoms with E-state index in [1.54, 1.807) is 11.3 Å². The zero-order valence-corrected chi connectivity index (χ0v) is 9.64. The van der Waals surface area contributed by atoms with Crippen LogP contribution in [0.5, 0.6) is 0 Å². The number of thiazole rings is 1. The number of aliphatic carboxylic acids is 1. The average molecular weight is 228 g/mol. The number of carbonyl (C=O) groups is 1. The highest BCUT2D eigenvalue weighted by Crippen LogP contribution is 2.10. The van der Waals surface area contributed by atoms with Crippen LogP contribution in [0.15, 0.2) is 6.20 Å². The molecule has 0 saturated carbocycles. The summed E-state index contributed by atoms with van der Waals surface area (Å²) in [5, 5.41) is 12.8. The van der Waals surface area contributed by atoms with Gasteiger partial charge < -0.3 is 10.4 Å². The molecule has 0 radical (unpaired) electrons. The first-order chi connectivity index (χ1) is 7.18. The number of hydrogen-bond acceptors (Lipinski definition) is 4. The molecule has 0 amide bonds. The molecular weight excluding hydrogens is 212 g/mol. The molecule has 15 heavy (non-hydrogen) atoms. The number of carboxylic acids is 1. The summed E-state index contributed by atoms with van der Waals surface area (Å²) in [5.74, 6) is -0.715. The summed E-state index contributed by atoms with van der Waals surface area (Å²) < 4.78 is 0. The molecule has 0 spiro atoms. The molecule has 2 N–H and O–H groups in total. The highest BCUT2D eigenvalue weighted by molar-refractivity contribution is 7.11. The minimum absolute atomic E-state index is 0.265. The van der Waals surface area contributed by atoms with Crippen molar-refractivity contribution in [2.45, 2.75) is 32.7 Å². The van der Waals surface area contributed by atoms with Gasteiger partial charge in [-0.1, -0.05) is 0 Å². The smallest absolute Gasteiger partial charge is 0.303 e. The predicted molar refractivity (Wildman–Crippen MR) is 60.0 cm³/mol. The van der Waals surface area contributed by atoms with Gasteiger partial charge in [0.15, 0.2) is 0 Å². The molecule has 0 bridgehead atoms. The topological polar surface area (TPSA) is 62.2 Å². The third kappa shape index (κ3) is 5.49. The third-order valence-electron chi connectivity index (χ3n) is 1.96. The molecule has 84 valence electrons. The first-order valence-corrected chi connectivity index (χ1v) is 5.84. The van der Waals surface area contributed by atoms with Gasteiger partial charge in [-0.25, -0.2) is 4.98 Å². The van der Waals surface area contributed by atoms with Gasteiger partial charge in [-0.2, -0.15) is 0 Å². The number of aromatic nitrogens is 1. The van der Waals surface area contributed by atoms with Gasteiger partial charge in [0, 0.05) is 24.0 Å². The van der Waals surface area contributed by atoms with Gasteiger partial charge in [0.05, 0.1) is 5.01 Å². The van der Waals surface area contributed by atoms with Crippen molar-refractivity contribution in [1.29, 1.82) is 0 Å². The molecule has 0 fully saturated rings. The third-order valence-corrected chi connectivity index (χ3v) is 2.88. The molecule has 1 rings (SSSR count). The van der Waals surface area contributed by atoms with Crippen molar-refractivity contribution in [2.75, 3.05) is 6.54 Å². The summed E-state index contributed by atoms with van der Waals surface area (Å²) in [7, 11) is 0. The van der Waals surface area contributed by atoms with E-state index < -0.39 is 5.97 Å². The number of carboxylic acid groups (broad SMARTS) is 1. The van der Waals surface area contributed by atoms with Gasteiger partial charge in [0.2, 0.25) is 0 Å². The second kappa shape index (κ2) is 6.53. The summed E-state index contributed by atoms with van der Waals surface area (Å²) in [6, 6.07) is 0. The first kappa shape index (κ1) is 12.1. The van der Waals surface area contributed by atoms with Crippen molar-refractivity contribution >= 4 is 17.3 Å². The van der Waals surface area contributed by atoms with Crippen LogP contribution in [0.1, 0.15) is 29.1 Å². The number of aryl methyl sites for hydroxylation is 1. The Labute approximate surface area is 93.4 Å². The Kier molecular flexibility index (Phi) is 5.28. The lowest BCUT2D eigenvalue weighted by Gasteiger charge is -2.01. The number of rotatable bonds is 7. The van der Waals surface area contributed by atoms with Crippen molar-refractivity contribution in [3.05, 3.63) is 16.1 Å². The molecule has 5 heteroatoms. The average Bonchev–Trinajstić information content (AvgIpc) is 2.57. The second-order valence-corrected chi connectivity index (χ2v) is 4.69. The van der Waals surface area contributed by atoms with Crippen molar-refractivity contribution in [3.8, 4) is 0 Å². The molecule has 0 aliphatic rings. The highest BCUT2D eigenvalue weighted by atomic mass is 32.1. The normalized spacial score (nSPS) is 10.5. The van der Waals surface area contributed by atoms with E-state index in [1.165, 1.54) is 4.88 Å². The summed E-state index contributed by atoms with van der Waals surface area (Å²) in [5.41, 5.74) is 0. The van der Waals surface area contributed by atoms with E-state index in [0.717, 1.165) is 30.9 Å². The fraction of sp³-hybridized carbons (Fsp3) is 0.600. The fourth-order valence-corrected chi connectivity index (χ4v) is 1.99. The molecule has 0 aliphatic carbocycles. The van der Waals surface area contributed by atoms with Gasteiger partial charge in [0.1, 0.15) is 0 Å². The van der Waals surface area contributed by atoms with Crippen LogP contribution in [0.4, 0.5) is 0 Å². The van der Waals surface area contributed by atoms with E-state index in [1.807, 2.05) is 13.1 Å². The van der Waals surface area contributed by atoms with Crippen LogP contribution in [-0.4, -0.2) is 22.6 Å². The number of unbranched alkanes of at least 4 members (excludes halogenated alkanes) is 1. The maximum atomic E-state index is 10.2. The Balaban J connectivity index is 2.00. The summed E-state index contributed by atoms with van der Waals surface area (Å²) >= 11 is 1.69. The van der Waals surface area contributed by atoms with Crippen LogP contribution >= 0.6 is 11.3 Å². The fourth-order valence-electron chi connectivity index (χ4n) is 1.22. The Morgan fingerprint density at radius 3 is 3.00 bits per heavy atom. The van der Waals surface area contributed by atoms with Crippen LogP contribution in [0.2, 0.25) is 0 Å². The van der Waals surface area contributed by atoms with E-state index in [9.17, 15) is 4.79 Å². The molecule has 0 saturated heterocycles. The van der Waals surface area contributed by atoms with E-state index in [2.05, 4.69) is 10.3 Å². The Morgan fingerprint density at radius 2 is 2.40 bits per heavy atom. The molecule has 1 heterocycles. The lowest BCUT2D eigenvalue weighted by molar-refractivity contribution is -0.137. The monoisotopic (exact) mass is 228 g/mol. The first-order valence-electron chi connectivity index (χ1n) is 5.02. The largest absolute Gasteiger partial charge is 0.481 e. The minimum Gasteiger partial charge on any atom is -0.481 e. The summed E-state index contributed by atoms with van der Waals surface area (Å²) in [6.45, 7) is 3.68. The van der Waals surface area contributed by atoms with Gasteiger partial charge in [-0.15, -0.1) is 11.3 Å². The Morgan fingerprint density at radius 1 is 1.60 bits per heavy atom. The second-order valence-electron chi connectivity index (χ2n) is 3.37. The van der Waals surface area contributed by atoms with E-state index in [4.69, 9.17) is 5.11 Å². The molecule has 0 unspecified atom stereocenters. The van der Waals surface area contributed by atoms with Crippen LogP contribution in [0.25, 0.3) is 0 Å². The van der Waals surface area contributed by atoms with Gasteiger partial charge >= 0.3 is 5.97 Å². The number of nitrogens with one attached hydrogen (secondary N) is 1. The molecule has 0 aliphatic heterocycles. The van der Waals surface area contributed by atoms with E-state index in [-0.39, 0.29) is 6.42 Å². The zero-order valence-electron chi connectivity index (χ0n) is 8.82. The van der Waals surface area contributed by atoms with Crippen LogP contribution in [-0.2, 0) is 11.3 Å². The van der Waals surface area contributed by atoms with Crippen LogP contribution < -0.4 is 5.32 Å². The SMILES string of the molecule is Cc1ncc(CNCCCCC(=O)O)s1. The summed E-state index contributed by atoms with van der Waals surface area (Å²) in [4.78, 5) is 15.6. The van der Waals surface area contributed by atoms with Crippen LogP contribution in [0, 0.1) is 6.92 Å². The molecule has 0 atom stereocenters. The van der Waals surface area contributed by atoms with Crippen molar-refractivity contribution < 1.29 is 9.90 Å². The van der Waals surface area contributed by atoms with Gasteiger partial charge in [0.25, 0.3) is 0 Å². The maximum absolute atomic E-state index is 10.2. The van der Waals surface area contributed by atoms with Crippen molar-refractivity contribution in [2.24, 2.45) is 0 Å². The highest BCUT2D eigenvalue weighted by Gasteiger charge is 1.98. The van der Waals surface area contributed by atoms with Gasteiger partial charge in [-0.3, -0.25) is 4.79 Å². The quantitative estimate of drug-likeness (QED) is 0.698. The Bertz CT molecular complexity index is 312. The maximum Gasteiger partial charge on any atom is 0.303 e. The summed E-state index contributed by atoms with van der Waals surface area (Å²) in [6.07, 6.45) is 3.79. The lowest BCUT2D eigenvalue weighted by Crippen LogP contribution is -2.14. The van der Waals surface area contributed by atoms with Crippen molar-refractivity contribution in [3.63, 3.8) is 0 Å². The predicted octanol–water partition coefficient (Wildman–Crippen LogP) is 1.80. The molecule has 4 nitrogen and oxygen atoms in total. The Hall–Kier alpha value is -0.940. The minimum atomic E-state index is -0.715. The van der Waals surface area contributed by atoms with Crippen molar-refractivity contribution in [1.82, 2.24) is 10.3 Å². The molecule has 0 aromatic carbocycles. The van der Waals surface area contributed by atoms with E-state index in [0.29, 0.717) is 0 Å². The van der Waals surface area contributed by atoms with E-state index >= 15 is 0 Å². The zero-order chi connectivity index (χ0) is 11.1. The standard InChI is InChI=1S/C10H16N2O2S/c1-8-12-7-9(15-8)6-11-5-3-2-4-10(13)14/h7,11H,2-6H2,1H3,(H,13,14). The molecular formula is C10H16N2O2S. The van der Waals surface area contributed by atoms with Gasteiger partial charge in [-0.05, 0) is 26.3 Å². The van der Waals surface area contributed by atoms with Crippen LogP contribution in [0.3, 0.4) is 0 Å².